The number of hydrogen-bond donors (Lipinski definition) is 1. The lowest BCUT2D eigenvalue weighted by molar-refractivity contribution is -0.137. The molecule has 0 saturated carbocycles. The second kappa shape index (κ2) is 8.91. The molecule has 0 atom stereocenters. The van der Waals surface area contributed by atoms with Crippen molar-refractivity contribution in [1.82, 2.24) is 4.90 Å². The van der Waals surface area contributed by atoms with Crippen LogP contribution in [0.2, 0.25) is 5.02 Å². The first-order valence-corrected chi connectivity index (χ1v) is 9.50. The maximum absolute atomic E-state index is 13.0. The molecule has 1 aliphatic rings. The summed E-state index contributed by atoms with van der Waals surface area (Å²) >= 11 is 5.62. The zero-order valence-electron chi connectivity index (χ0n) is 16.4. The summed E-state index contributed by atoms with van der Waals surface area (Å²) in [5, 5.41) is 2.10. The highest BCUT2D eigenvalue weighted by molar-refractivity contribution is 6.31. The van der Waals surface area contributed by atoms with Gasteiger partial charge in [0.2, 0.25) is 0 Å². The summed E-state index contributed by atoms with van der Waals surface area (Å²) in [4.78, 5) is 16.1. The molecule has 0 bridgehead atoms. The molecule has 1 N–H and O–H groups in total. The van der Waals surface area contributed by atoms with Crippen LogP contribution in [0.4, 0.5) is 29.3 Å². The van der Waals surface area contributed by atoms with Crippen LogP contribution < -0.4 is 19.7 Å². The third kappa shape index (κ3) is 4.84. The number of rotatable bonds is 4. The van der Waals surface area contributed by atoms with Gasteiger partial charge in [0.1, 0.15) is 11.5 Å². The molecule has 0 unspecified atom stereocenters. The van der Waals surface area contributed by atoms with Gasteiger partial charge < -0.3 is 24.6 Å². The maximum Gasteiger partial charge on any atom is 0.417 e. The molecule has 0 aromatic heterocycles. The summed E-state index contributed by atoms with van der Waals surface area (Å²) in [6.07, 6.45) is -4.60. The van der Waals surface area contributed by atoms with Gasteiger partial charge in [-0.25, -0.2) is 4.79 Å². The van der Waals surface area contributed by atoms with E-state index in [0.29, 0.717) is 37.7 Å². The smallest absolute Gasteiger partial charge is 0.417 e. The second-order valence-electron chi connectivity index (χ2n) is 6.63. The molecule has 0 aliphatic carbocycles. The van der Waals surface area contributed by atoms with Gasteiger partial charge in [0.25, 0.3) is 0 Å². The summed E-state index contributed by atoms with van der Waals surface area (Å²) in [5.74, 6) is 1.34. The molecule has 2 amide bonds. The van der Waals surface area contributed by atoms with Crippen LogP contribution in [0.1, 0.15) is 5.56 Å². The van der Waals surface area contributed by atoms with Crippen molar-refractivity contribution in [3.63, 3.8) is 0 Å². The molecule has 1 fully saturated rings. The third-order valence-corrected chi connectivity index (χ3v) is 5.15. The van der Waals surface area contributed by atoms with E-state index in [-0.39, 0.29) is 5.69 Å². The van der Waals surface area contributed by atoms with E-state index in [1.807, 2.05) is 12.1 Å². The van der Waals surface area contributed by atoms with E-state index < -0.39 is 22.8 Å². The topological polar surface area (TPSA) is 54.0 Å². The third-order valence-electron chi connectivity index (χ3n) is 4.82. The monoisotopic (exact) mass is 443 g/mol. The lowest BCUT2D eigenvalue weighted by Gasteiger charge is -2.36. The summed E-state index contributed by atoms with van der Waals surface area (Å²) < 4.78 is 49.6. The van der Waals surface area contributed by atoms with Gasteiger partial charge in [-0.1, -0.05) is 11.6 Å². The predicted octanol–water partition coefficient (Wildman–Crippen LogP) is 4.73. The normalized spacial score (nSPS) is 14.5. The van der Waals surface area contributed by atoms with Crippen LogP contribution in [-0.4, -0.2) is 51.3 Å². The molecule has 30 heavy (non-hydrogen) atoms. The van der Waals surface area contributed by atoms with E-state index in [1.54, 1.807) is 25.2 Å². The van der Waals surface area contributed by atoms with Gasteiger partial charge in [0, 0.05) is 37.9 Å². The number of alkyl halides is 3. The van der Waals surface area contributed by atoms with Crippen molar-refractivity contribution in [3.8, 4) is 11.5 Å². The molecular weight excluding hydrogens is 423 g/mol. The van der Waals surface area contributed by atoms with Gasteiger partial charge in [0.05, 0.1) is 30.5 Å². The first kappa shape index (κ1) is 21.9. The average molecular weight is 444 g/mol. The highest BCUT2D eigenvalue weighted by Gasteiger charge is 2.33. The van der Waals surface area contributed by atoms with E-state index in [0.717, 1.165) is 17.8 Å². The number of carbonyl (C=O) groups excluding carboxylic acids is 1. The average Bonchev–Trinajstić information content (AvgIpc) is 2.73. The Labute approximate surface area is 177 Å². The molecular formula is C20H21ClF3N3O3. The van der Waals surface area contributed by atoms with Crippen LogP contribution >= 0.6 is 11.6 Å². The van der Waals surface area contributed by atoms with Gasteiger partial charge in [-0.15, -0.1) is 0 Å². The lowest BCUT2D eigenvalue weighted by Crippen LogP contribution is -2.50. The number of amides is 2. The summed E-state index contributed by atoms with van der Waals surface area (Å²) in [6, 6.07) is 8.33. The molecule has 1 saturated heterocycles. The van der Waals surface area contributed by atoms with Crippen molar-refractivity contribution >= 4 is 29.0 Å². The molecule has 162 valence electrons. The molecule has 0 spiro atoms. The largest absolute Gasteiger partial charge is 0.497 e. The number of piperazine rings is 1. The van der Waals surface area contributed by atoms with Gasteiger partial charge in [-0.05, 0) is 30.3 Å². The van der Waals surface area contributed by atoms with Crippen molar-refractivity contribution < 1.29 is 27.4 Å². The van der Waals surface area contributed by atoms with E-state index in [1.165, 1.54) is 6.07 Å². The Morgan fingerprint density at radius 3 is 2.33 bits per heavy atom. The van der Waals surface area contributed by atoms with Gasteiger partial charge in [0.15, 0.2) is 0 Å². The Morgan fingerprint density at radius 1 is 1.03 bits per heavy atom. The number of benzene rings is 2. The fourth-order valence-corrected chi connectivity index (χ4v) is 3.44. The van der Waals surface area contributed by atoms with Crippen LogP contribution in [0.3, 0.4) is 0 Å². The van der Waals surface area contributed by atoms with Crippen molar-refractivity contribution in [2.45, 2.75) is 6.18 Å². The number of methoxy groups -OCH3 is 2. The first-order valence-electron chi connectivity index (χ1n) is 9.12. The minimum absolute atomic E-state index is 0.0379. The Morgan fingerprint density at radius 2 is 1.73 bits per heavy atom. The number of hydrogen-bond acceptors (Lipinski definition) is 4. The van der Waals surface area contributed by atoms with Crippen molar-refractivity contribution in [3.05, 3.63) is 47.0 Å². The zero-order chi connectivity index (χ0) is 21.9. The number of anilines is 2. The first-order chi connectivity index (χ1) is 14.2. The highest BCUT2D eigenvalue weighted by Crippen LogP contribution is 2.36. The molecule has 3 rings (SSSR count). The number of halogens is 4. The number of urea groups is 1. The standard InChI is InChI=1S/C20H21ClF3N3O3/c1-29-14-4-6-17(18(12-14)30-2)26-7-9-27(10-8-26)19(28)25-13-3-5-16(21)15(11-13)20(22,23)24/h3-6,11-12H,7-10H2,1-2H3,(H,25,28). The van der Waals surface area contributed by atoms with E-state index in [9.17, 15) is 18.0 Å². The van der Waals surface area contributed by atoms with Crippen molar-refractivity contribution in [1.29, 1.82) is 0 Å². The molecule has 0 radical (unpaired) electrons. The van der Waals surface area contributed by atoms with E-state index in [4.69, 9.17) is 21.1 Å². The maximum atomic E-state index is 13.0. The van der Waals surface area contributed by atoms with Crippen LogP contribution in [0.5, 0.6) is 11.5 Å². The fourth-order valence-electron chi connectivity index (χ4n) is 3.22. The van der Waals surface area contributed by atoms with Crippen LogP contribution in [-0.2, 0) is 6.18 Å². The van der Waals surface area contributed by atoms with Crippen LogP contribution in [0.15, 0.2) is 36.4 Å². The Kier molecular flexibility index (Phi) is 6.50. The van der Waals surface area contributed by atoms with Gasteiger partial charge in [-0.2, -0.15) is 13.2 Å². The SMILES string of the molecule is COc1ccc(N2CCN(C(=O)Nc3ccc(Cl)c(C(F)(F)F)c3)CC2)c(OC)c1. The quantitative estimate of drug-likeness (QED) is 0.742. The number of ether oxygens (including phenoxy) is 2. The summed E-state index contributed by atoms with van der Waals surface area (Å²) in [5.41, 5.74) is -0.0692. The minimum atomic E-state index is -4.60. The zero-order valence-corrected chi connectivity index (χ0v) is 17.2. The molecule has 1 aliphatic heterocycles. The molecule has 6 nitrogen and oxygen atoms in total. The number of carbonyl (C=O) groups is 1. The van der Waals surface area contributed by atoms with Crippen molar-refractivity contribution in [2.24, 2.45) is 0 Å². The summed E-state index contributed by atoms with van der Waals surface area (Å²) in [6.45, 7) is 1.90. The molecule has 2 aromatic rings. The van der Waals surface area contributed by atoms with Gasteiger partial charge in [-0.3, -0.25) is 0 Å². The summed E-state index contributed by atoms with van der Waals surface area (Å²) in [7, 11) is 3.15. The molecule has 10 heteroatoms. The molecule has 2 aromatic carbocycles. The van der Waals surface area contributed by atoms with E-state index >= 15 is 0 Å². The Bertz CT molecular complexity index is 916. The Balaban J connectivity index is 1.64. The van der Waals surface area contributed by atoms with Crippen molar-refractivity contribution in [2.75, 3.05) is 50.6 Å². The minimum Gasteiger partial charge on any atom is -0.497 e. The lowest BCUT2D eigenvalue weighted by atomic mass is 10.2. The van der Waals surface area contributed by atoms with Gasteiger partial charge >= 0.3 is 12.2 Å². The van der Waals surface area contributed by atoms with E-state index in [2.05, 4.69) is 10.2 Å². The molecule has 1 heterocycles. The number of nitrogens with zero attached hydrogens (tertiary/aromatic N) is 2. The highest BCUT2D eigenvalue weighted by atomic mass is 35.5. The van der Waals surface area contributed by atoms with Crippen LogP contribution in [0.25, 0.3) is 0 Å². The predicted molar refractivity (Wildman–Crippen MR) is 109 cm³/mol. The second-order valence-corrected chi connectivity index (χ2v) is 7.04. The fraction of sp³-hybridized carbons (Fsp3) is 0.350. The van der Waals surface area contributed by atoms with Crippen LogP contribution in [0, 0.1) is 0 Å². The number of nitrogens with one attached hydrogen (secondary N) is 1. The Hall–Kier alpha value is -2.81.